The van der Waals surface area contributed by atoms with E-state index in [1.807, 2.05) is 6.92 Å². The number of benzene rings is 2. The third-order valence-electron chi connectivity index (χ3n) is 5.09. The Morgan fingerprint density at radius 3 is 2.44 bits per heavy atom. The fourth-order valence-corrected chi connectivity index (χ4v) is 4.05. The monoisotopic (exact) mass is 500 g/mol. The summed E-state index contributed by atoms with van der Waals surface area (Å²) < 4.78 is 85.5. The number of ether oxygens (including phenoxy) is 1. The van der Waals surface area contributed by atoms with Crippen molar-refractivity contribution in [3.8, 4) is 17.1 Å². The van der Waals surface area contributed by atoms with E-state index in [2.05, 4.69) is 4.98 Å². The second-order valence-corrected chi connectivity index (χ2v) is 8.94. The normalized spacial score (nSPS) is 12.1. The summed E-state index contributed by atoms with van der Waals surface area (Å²) in [6.45, 7) is 4.32. The van der Waals surface area contributed by atoms with Crippen LogP contribution < -0.4 is 15.2 Å². The first kappa shape index (κ1) is 25.5. The molecule has 0 spiro atoms. The number of imidazole rings is 1. The van der Waals surface area contributed by atoms with E-state index in [1.165, 1.54) is 41.1 Å². The van der Waals surface area contributed by atoms with Gasteiger partial charge in [-0.15, -0.1) is 0 Å². The van der Waals surface area contributed by atoms with E-state index in [0.717, 1.165) is 11.8 Å². The molecule has 0 bridgehead atoms. The molecule has 0 aliphatic heterocycles. The highest BCUT2D eigenvalue weighted by molar-refractivity contribution is 7.93. The van der Waals surface area contributed by atoms with Crippen molar-refractivity contribution < 1.29 is 30.7 Å². The summed E-state index contributed by atoms with van der Waals surface area (Å²) in [5, 5.41) is 0. The van der Waals surface area contributed by atoms with Crippen LogP contribution in [0.25, 0.3) is 11.1 Å². The number of rotatable bonds is 9. The van der Waals surface area contributed by atoms with E-state index in [-0.39, 0.29) is 35.5 Å². The Hall–Kier alpha value is -3.12. The molecule has 0 aliphatic carbocycles. The number of para-hydroxylation sites is 1. The molecule has 0 unspecified atom stereocenters. The van der Waals surface area contributed by atoms with Gasteiger partial charge in [0.05, 0.1) is 30.2 Å². The molecule has 0 radical (unpaired) electrons. The molecule has 1 aromatic heterocycles. The van der Waals surface area contributed by atoms with Crippen LogP contribution in [0.1, 0.15) is 30.8 Å². The van der Waals surface area contributed by atoms with Crippen LogP contribution in [0.15, 0.2) is 42.5 Å². The summed E-state index contributed by atoms with van der Waals surface area (Å²) in [6, 6.07) is 9.87. The number of aromatic nitrogens is 2. The molecule has 3 aromatic rings. The largest absolute Gasteiger partial charge is 0.516 e. The van der Waals surface area contributed by atoms with Crippen molar-refractivity contribution in [2.75, 3.05) is 11.3 Å². The van der Waals surface area contributed by atoms with Crippen molar-refractivity contribution in [2.45, 2.75) is 38.9 Å². The van der Waals surface area contributed by atoms with Gasteiger partial charge >= 0.3 is 15.5 Å². The van der Waals surface area contributed by atoms with E-state index in [1.54, 1.807) is 11.5 Å². The first-order valence-electron chi connectivity index (χ1n) is 10.4. The molecule has 0 atom stereocenters. The molecule has 0 saturated heterocycles. The molecule has 0 fully saturated rings. The zero-order chi connectivity index (χ0) is 25.1. The van der Waals surface area contributed by atoms with Crippen LogP contribution in [0.5, 0.6) is 6.01 Å². The predicted octanol–water partition coefficient (Wildman–Crippen LogP) is 4.42. The van der Waals surface area contributed by atoms with Crippen LogP contribution in [-0.4, -0.2) is 30.1 Å². The van der Waals surface area contributed by atoms with Gasteiger partial charge in [0.2, 0.25) is 0 Å². The lowest BCUT2D eigenvalue weighted by atomic mass is 10.0. The average molecular weight is 501 g/mol. The number of alkyl halides is 3. The van der Waals surface area contributed by atoms with Gasteiger partial charge in [-0.1, -0.05) is 37.3 Å². The van der Waals surface area contributed by atoms with Crippen molar-refractivity contribution in [3.63, 3.8) is 0 Å². The fourth-order valence-electron chi connectivity index (χ4n) is 3.46. The Morgan fingerprint density at radius 1 is 1.15 bits per heavy atom. The number of nitrogens with zero attached hydrogens (tertiary/aromatic N) is 2. The Kier molecular flexibility index (Phi) is 7.51. The Bertz CT molecular complexity index is 1270. The first-order valence-corrected chi connectivity index (χ1v) is 11.9. The van der Waals surface area contributed by atoms with Crippen molar-refractivity contribution in [1.82, 2.24) is 9.55 Å². The fraction of sp³-hybridized carbons (Fsp3) is 0.318. The highest BCUT2D eigenvalue weighted by atomic mass is 32.2. The molecule has 3 rings (SSSR count). The number of nitrogens with two attached hydrogens (primary N) is 1. The standard InChI is InChI=1S/C22H24F4N4O3S/c1-3-18-20(12-27)30(21(28-18)33-4-2)13-15-10-9-14(11-17(15)23)16-7-5-6-8-19(16)29-34(31,32)22(24,25)26/h5-11,29H,3-4,12-13,27H2,1-2H3. The third-order valence-corrected chi connectivity index (χ3v) is 6.19. The highest BCUT2D eigenvalue weighted by Crippen LogP contribution is 2.33. The maximum atomic E-state index is 15.1. The number of hydrogen-bond acceptors (Lipinski definition) is 5. The second kappa shape index (κ2) is 10.0. The van der Waals surface area contributed by atoms with Gasteiger partial charge in [0, 0.05) is 17.7 Å². The van der Waals surface area contributed by atoms with Crippen LogP contribution >= 0.6 is 0 Å². The minimum absolute atomic E-state index is 0.0727. The van der Waals surface area contributed by atoms with Crippen LogP contribution in [0.3, 0.4) is 0 Å². The predicted molar refractivity (Wildman–Crippen MR) is 120 cm³/mol. The summed E-state index contributed by atoms with van der Waals surface area (Å²) in [4.78, 5) is 4.43. The van der Waals surface area contributed by atoms with Gasteiger partial charge < -0.3 is 10.5 Å². The van der Waals surface area contributed by atoms with E-state index in [0.29, 0.717) is 24.7 Å². The number of anilines is 1. The molecule has 3 N–H and O–H groups in total. The van der Waals surface area contributed by atoms with Gasteiger partial charge in [-0.3, -0.25) is 9.29 Å². The van der Waals surface area contributed by atoms with Crippen LogP contribution in [0, 0.1) is 5.82 Å². The van der Waals surface area contributed by atoms with Crippen LogP contribution in [-0.2, 0) is 29.5 Å². The molecule has 0 amide bonds. The summed E-state index contributed by atoms with van der Waals surface area (Å²) in [5.41, 5.74) is 2.09. The van der Waals surface area contributed by atoms with Crippen molar-refractivity contribution in [3.05, 3.63) is 65.2 Å². The lowest BCUT2D eigenvalue weighted by molar-refractivity contribution is -0.0429. The van der Waals surface area contributed by atoms with Crippen molar-refractivity contribution in [1.29, 1.82) is 0 Å². The molecular formula is C22H24F4N4O3S. The van der Waals surface area contributed by atoms with Gasteiger partial charge in [0.1, 0.15) is 5.82 Å². The van der Waals surface area contributed by atoms with Gasteiger partial charge in [-0.2, -0.15) is 26.6 Å². The smallest absolute Gasteiger partial charge is 0.465 e. The third kappa shape index (κ3) is 5.17. The summed E-state index contributed by atoms with van der Waals surface area (Å²) in [6.07, 6.45) is 0.617. The number of halogens is 4. The molecule has 0 aliphatic rings. The molecule has 184 valence electrons. The van der Waals surface area contributed by atoms with Gasteiger partial charge in [0.15, 0.2) is 0 Å². The van der Waals surface area contributed by atoms with Crippen LogP contribution in [0.4, 0.5) is 23.2 Å². The molecule has 34 heavy (non-hydrogen) atoms. The van der Waals surface area contributed by atoms with Crippen LogP contribution in [0.2, 0.25) is 0 Å². The number of nitrogens with one attached hydrogen (secondary N) is 1. The van der Waals surface area contributed by atoms with E-state index in [4.69, 9.17) is 10.5 Å². The molecule has 2 aromatic carbocycles. The Morgan fingerprint density at radius 2 is 1.85 bits per heavy atom. The highest BCUT2D eigenvalue weighted by Gasteiger charge is 2.46. The lowest BCUT2D eigenvalue weighted by Gasteiger charge is -2.15. The zero-order valence-corrected chi connectivity index (χ0v) is 19.3. The molecule has 12 heteroatoms. The van der Waals surface area contributed by atoms with E-state index < -0.39 is 21.3 Å². The van der Waals surface area contributed by atoms with Gasteiger partial charge in [0.25, 0.3) is 6.01 Å². The summed E-state index contributed by atoms with van der Waals surface area (Å²) >= 11 is 0. The first-order chi connectivity index (χ1) is 16.0. The number of aryl methyl sites for hydroxylation is 1. The van der Waals surface area contributed by atoms with E-state index >= 15 is 4.39 Å². The topological polar surface area (TPSA) is 99.2 Å². The average Bonchev–Trinajstić information content (AvgIpc) is 3.11. The minimum atomic E-state index is -5.64. The van der Waals surface area contributed by atoms with Crippen molar-refractivity contribution >= 4 is 15.7 Å². The number of hydrogen-bond donors (Lipinski definition) is 2. The Balaban J connectivity index is 1.98. The SMILES string of the molecule is CCOc1nc(CC)c(CN)n1Cc1ccc(-c2ccccc2NS(=O)(=O)C(F)(F)F)cc1F. The van der Waals surface area contributed by atoms with Gasteiger partial charge in [-0.25, -0.2) is 4.39 Å². The maximum Gasteiger partial charge on any atom is 0.516 e. The summed E-state index contributed by atoms with van der Waals surface area (Å²) in [7, 11) is -5.64. The van der Waals surface area contributed by atoms with Gasteiger partial charge in [-0.05, 0) is 31.0 Å². The minimum Gasteiger partial charge on any atom is -0.465 e. The lowest BCUT2D eigenvalue weighted by Crippen LogP contribution is -2.30. The second-order valence-electron chi connectivity index (χ2n) is 7.27. The van der Waals surface area contributed by atoms with Crippen molar-refractivity contribution in [2.24, 2.45) is 5.73 Å². The zero-order valence-electron chi connectivity index (χ0n) is 18.5. The number of sulfonamides is 1. The molecular weight excluding hydrogens is 476 g/mol. The molecule has 7 nitrogen and oxygen atoms in total. The Labute approximate surface area is 194 Å². The molecule has 0 saturated carbocycles. The summed E-state index contributed by atoms with van der Waals surface area (Å²) in [5.74, 6) is -0.636. The van der Waals surface area contributed by atoms with E-state index in [9.17, 15) is 21.6 Å². The maximum absolute atomic E-state index is 15.1. The quantitative estimate of drug-likeness (QED) is 0.424. The molecule has 1 heterocycles.